The summed E-state index contributed by atoms with van der Waals surface area (Å²) < 4.78 is 10.3. The third-order valence-corrected chi connectivity index (χ3v) is 2.90. The van der Waals surface area contributed by atoms with Crippen LogP contribution in [-0.4, -0.2) is 13.1 Å². The van der Waals surface area contributed by atoms with Gasteiger partial charge in [-0.15, -0.1) is 0 Å². The lowest BCUT2D eigenvalue weighted by atomic mass is 10.0. The Kier molecular flexibility index (Phi) is 4.74. The maximum Gasteiger partial charge on any atom is 0.307 e. The Balaban J connectivity index is 2.01. The number of nitrogens with two attached hydrogens (primary N) is 1. The van der Waals surface area contributed by atoms with Crippen LogP contribution < -0.4 is 10.5 Å². The van der Waals surface area contributed by atoms with Crippen LogP contribution in [0.3, 0.4) is 0 Å². The van der Waals surface area contributed by atoms with Crippen molar-refractivity contribution in [3.63, 3.8) is 0 Å². The smallest absolute Gasteiger partial charge is 0.307 e. The second-order valence-electron chi connectivity index (χ2n) is 4.37. The van der Waals surface area contributed by atoms with Crippen molar-refractivity contribution in [1.29, 1.82) is 0 Å². The molecule has 0 amide bonds. The quantitative estimate of drug-likeness (QED) is 0.849. The summed E-state index contributed by atoms with van der Waals surface area (Å²) in [5.74, 6) is 1.19. The highest BCUT2D eigenvalue weighted by atomic mass is 16.5. The van der Waals surface area contributed by atoms with E-state index in [0.717, 1.165) is 17.1 Å². The summed E-state index contributed by atoms with van der Waals surface area (Å²) in [4.78, 5) is 11.2. The van der Waals surface area contributed by atoms with E-state index < -0.39 is 0 Å². The molecule has 2 aromatic carbocycles. The minimum Gasteiger partial charge on any atom is -0.469 e. The van der Waals surface area contributed by atoms with Gasteiger partial charge in [0.2, 0.25) is 0 Å². The molecular formula is C16H17NO3. The van der Waals surface area contributed by atoms with Gasteiger partial charge in [-0.3, -0.25) is 4.79 Å². The van der Waals surface area contributed by atoms with Crippen molar-refractivity contribution in [2.24, 2.45) is 5.73 Å². The maximum absolute atomic E-state index is 11.2. The molecule has 0 radical (unpaired) electrons. The van der Waals surface area contributed by atoms with Gasteiger partial charge in [-0.25, -0.2) is 0 Å². The molecule has 0 aliphatic carbocycles. The van der Waals surface area contributed by atoms with Crippen molar-refractivity contribution < 1.29 is 14.3 Å². The molecule has 2 N–H and O–H groups in total. The van der Waals surface area contributed by atoms with E-state index in [1.54, 1.807) is 0 Å². The molecule has 0 saturated heterocycles. The average molecular weight is 271 g/mol. The first-order valence-corrected chi connectivity index (χ1v) is 6.34. The lowest BCUT2D eigenvalue weighted by Gasteiger charge is -2.11. The van der Waals surface area contributed by atoms with Crippen LogP contribution >= 0.6 is 0 Å². The number of para-hydroxylation sites is 1. The molecule has 0 unspecified atom stereocenters. The van der Waals surface area contributed by atoms with Crippen LogP contribution in [-0.2, 0) is 9.53 Å². The number of ether oxygens (including phenoxy) is 2. The molecule has 0 bridgehead atoms. The van der Waals surface area contributed by atoms with E-state index in [0.29, 0.717) is 0 Å². The Morgan fingerprint density at radius 2 is 1.65 bits per heavy atom. The van der Waals surface area contributed by atoms with Gasteiger partial charge in [0, 0.05) is 6.04 Å². The minimum absolute atomic E-state index is 0.162. The maximum atomic E-state index is 11.2. The molecule has 20 heavy (non-hydrogen) atoms. The summed E-state index contributed by atoms with van der Waals surface area (Å²) in [6.45, 7) is 0. The Labute approximate surface area is 118 Å². The molecule has 0 saturated carbocycles. The molecule has 0 aromatic heterocycles. The van der Waals surface area contributed by atoms with E-state index in [4.69, 9.17) is 10.5 Å². The summed E-state index contributed by atoms with van der Waals surface area (Å²) in [6.07, 6.45) is 0.162. The second-order valence-corrected chi connectivity index (χ2v) is 4.37. The summed E-state index contributed by atoms with van der Waals surface area (Å²) in [7, 11) is 1.35. The zero-order valence-electron chi connectivity index (χ0n) is 11.3. The van der Waals surface area contributed by atoms with Gasteiger partial charge in [0.15, 0.2) is 0 Å². The van der Waals surface area contributed by atoms with E-state index in [9.17, 15) is 4.79 Å². The molecule has 2 rings (SSSR count). The molecule has 1 atom stereocenters. The summed E-state index contributed by atoms with van der Waals surface area (Å²) in [5, 5.41) is 0. The Morgan fingerprint density at radius 1 is 1.05 bits per heavy atom. The Hall–Kier alpha value is -2.33. The van der Waals surface area contributed by atoms with E-state index in [-0.39, 0.29) is 18.4 Å². The van der Waals surface area contributed by atoms with Gasteiger partial charge in [-0.05, 0) is 29.8 Å². The molecule has 104 valence electrons. The van der Waals surface area contributed by atoms with Gasteiger partial charge in [-0.1, -0.05) is 30.3 Å². The van der Waals surface area contributed by atoms with Crippen molar-refractivity contribution in [3.05, 3.63) is 60.2 Å². The first kappa shape index (κ1) is 14.1. The first-order valence-electron chi connectivity index (χ1n) is 6.34. The first-order chi connectivity index (χ1) is 9.69. The van der Waals surface area contributed by atoms with Gasteiger partial charge in [0.05, 0.1) is 13.5 Å². The highest BCUT2D eigenvalue weighted by Crippen LogP contribution is 2.23. The van der Waals surface area contributed by atoms with Gasteiger partial charge >= 0.3 is 5.97 Å². The molecule has 0 heterocycles. The fourth-order valence-electron chi connectivity index (χ4n) is 1.79. The van der Waals surface area contributed by atoms with E-state index >= 15 is 0 Å². The molecular weight excluding hydrogens is 254 g/mol. The predicted octanol–water partition coefficient (Wildman–Crippen LogP) is 3.04. The van der Waals surface area contributed by atoms with Crippen LogP contribution in [0, 0.1) is 0 Å². The number of carbonyl (C=O) groups excluding carboxylic acids is 1. The lowest BCUT2D eigenvalue weighted by Crippen LogP contribution is -2.16. The molecule has 4 nitrogen and oxygen atoms in total. The largest absolute Gasteiger partial charge is 0.469 e. The third kappa shape index (κ3) is 3.83. The molecule has 4 heteroatoms. The predicted molar refractivity (Wildman–Crippen MR) is 76.5 cm³/mol. The monoisotopic (exact) mass is 271 g/mol. The van der Waals surface area contributed by atoms with Gasteiger partial charge in [-0.2, -0.15) is 0 Å². The average Bonchev–Trinajstić information content (AvgIpc) is 2.49. The van der Waals surface area contributed by atoms with Crippen LogP contribution in [0.1, 0.15) is 18.0 Å². The molecule has 0 spiro atoms. The lowest BCUT2D eigenvalue weighted by molar-refractivity contribution is -0.141. The van der Waals surface area contributed by atoms with E-state index in [1.807, 2.05) is 54.6 Å². The normalized spacial score (nSPS) is 11.7. The standard InChI is InChI=1S/C16H17NO3/c1-19-16(18)11-15(17)12-7-9-14(10-8-12)20-13-5-3-2-4-6-13/h2-10,15H,11,17H2,1H3/t15-/m1/s1. The topological polar surface area (TPSA) is 61.5 Å². The van der Waals surface area contributed by atoms with Crippen molar-refractivity contribution in [2.45, 2.75) is 12.5 Å². The van der Waals surface area contributed by atoms with E-state index in [1.165, 1.54) is 7.11 Å². The van der Waals surface area contributed by atoms with Crippen LogP contribution in [0.2, 0.25) is 0 Å². The van der Waals surface area contributed by atoms with E-state index in [2.05, 4.69) is 4.74 Å². The van der Waals surface area contributed by atoms with Crippen LogP contribution in [0.15, 0.2) is 54.6 Å². The zero-order chi connectivity index (χ0) is 14.4. The van der Waals surface area contributed by atoms with Crippen molar-refractivity contribution in [1.82, 2.24) is 0 Å². The van der Waals surface area contributed by atoms with Crippen LogP contribution in [0.25, 0.3) is 0 Å². The second kappa shape index (κ2) is 6.73. The number of rotatable bonds is 5. The fraction of sp³-hybridized carbons (Fsp3) is 0.188. The van der Waals surface area contributed by atoms with Crippen LogP contribution in [0.5, 0.6) is 11.5 Å². The molecule has 2 aromatic rings. The molecule has 0 aliphatic heterocycles. The highest BCUT2D eigenvalue weighted by Gasteiger charge is 2.11. The SMILES string of the molecule is COC(=O)C[C@@H](N)c1ccc(Oc2ccccc2)cc1. The fourth-order valence-corrected chi connectivity index (χ4v) is 1.79. The minimum atomic E-state index is -0.367. The number of hydrogen-bond donors (Lipinski definition) is 1. The number of esters is 1. The summed E-state index contributed by atoms with van der Waals surface area (Å²) in [5.41, 5.74) is 6.80. The van der Waals surface area contributed by atoms with Gasteiger partial charge in [0.25, 0.3) is 0 Å². The molecule has 0 aliphatic rings. The zero-order valence-corrected chi connectivity index (χ0v) is 11.3. The Morgan fingerprint density at radius 3 is 2.25 bits per heavy atom. The third-order valence-electron chi connectivity index (χ3n) is 2.90. The van der Waals surface area contributed by atoms with Gasteiger partial charge in [0.1, 0.15) is 11.5 Å². The van der Waals surface area contributed by atoms with Crippen LogP contribution in [0.4, 0.5) is 0 Å². The van der Waals surface area contributed by atoms with Crippen molar-refractivity contribution >= 4 is 5.97 Å². The number of benzene rings is 2. The number of hydrogen-bond acceptors (Lipinski definition) is 4. The van der Waals surface area contributed by atoms with Crippen molar-refractivity contribution in [2.75, 3.05) is 7.11 Å². The summed E-state index contributed by atoms with van der Waals surface area (Å²) in [6, 6.07) is 16.5. The number of carbonyl (C=O) groups is 1. The molecule has 0 fully saturated rings. The number of methoxy groups -OCH3 is 1. The summed E-state index contributed by atoms with van der Waals surface area (Å²) >= 11 is 0. The highest BCUT2D eigenvalue weighted by molar-refractivity contribution is 5.70. The van der Waals surface area contributed by atoms with Gasteiger partial charge < -0.3 is 15.2 Å². The van der Waals surface area contributed by atoms with Crippen molar-refractivity contribution in [3.8, 4) is 11.5 Å². The Bertz CT molecular complexity index is 552.